The molecule has 0 saturated heterocycles. The molecule has 136 valence electrons. The number of nitrogens with one attached hydrogen (secondary N) is 1. The molecule has 25 heavy (non-hydrogen) atoms. The third-order valence-electron chi connectivity index (χ3n) is 4.06. The number of nitrogens with zero attached hydrogens (tertiary/aromatic N) is 1. The first-order valence-corrected chi connectivity index (χ1v) is 8.57. The maximum Gasteiger partial charge on any atom is 0.254 e. The predicted molar refractivity (Wildman–Crippen MR) is 94.3 cm³/mol. The summed E-state index contributed by atoms with van der Waals surface area (Å²) in [6.45, 7) is 6.39. The van der Waals surface area contributed by atoms with Crippen molar-refractivity contribution in [3.05, 3.63) is 41.2 Å². The summed E-state index contributed by atoms with van der Waals surface area (Å²) >= 11 is 0. The van der Waals surface area contributed by atoms with Crippen LogP contribution in [0.1, 0.15) is 43.1 Å². The van der Waals surface area contributed by atoms with Gasteiger partial charge < -0.3 is 15.0 Å². The zero-order valence-corrected chi connectivity index (χ0v) is 15.0. The molecule has 0 aromatic heterocycles. The van der Waals surface area contributed by atoms with Gasteiger partial charge in [-0.2, -0.15) is 0 Å². The summed E-state index contributed by atoms with van der Waals surface area (Å²) in [5, 5.41) is 2.79. The van der Waals surface area contributed by atoms with E-state index >= 15 is 0 Å². The number of amides is 2. The molecule has 0 saturated carbocycles. The van der Waals surface area contributed by atoms with Crippen LogP contribution in [0.5, 0.6) is 5.75 Å². The highest BCUT2D eigenvalue weighted by Gasteiger charge is 2.26. The van der Waals surface area contributed by atoms with Crippen molar-refractivity contribution in [2.75, 3.05) is 19.7 Å². The lowest BCUT2D eigenvalue weighted by Crippen LogP contribution is -2.45. The van der Waals surface area contributed by atoms with Crippen LogP contribution < -0.4 is 10.1 Å². The van der Waals surface area contributed by atoms with Crippen LogP contribution in [0.3, 0.4) is 0 Å². The lowest BCUT2D eigenvalue weighted by atomic mass is 9.98. The Morgan fingerprint density at radius 1 is 1.44 bits per heavy atom. The second-order valence-corrected chi connectivity index (χ2v) is 6.43. The molecule has 0 unspecified atom stereocenters. The molecule has 1 N–H and O–H groups in total. The van der Waals surface area contributed by atoms with E-state index in [-0.39, 0.29) is 31.0 Å². The van der Waals surface area contributed by atoms with Crippen molar-refractivity contribution in [3.8, 4) is 5.75 Å². The molecule has 1 aromatic rings. The van der Waals surface area contributed by atoms with Gasteiger partial charge in [0.2, 0.25) is 5.91 Å². The zero-order chi connectivity index (χ0) is 18.4. The van der Waals surface area contributed by atoms with E-state index in [4.69, 9.17) is 4.74 Å². The van der Waals surface area contributed by atoms with Crippen molar-refractivity contribution >= 4 is 11.8 Å². The van der Waals surface area contributed by atoms with Crippen molar-refractivity contribution in [2.45, 2.75) is 39.7 Å². The number of carbonyl (C=O) groups is 2. The van der Waals surface area contributed by atoms with Crippen LogP contribution >= 0.6 is 0 Å². The number of ether oxygens (including phenoxy) is 1. The first kappa shape index (κ1) is 19.0. The van der Waals surface area contributed by atoms with Crippen molar-refractivity contribution in [2.24, 2.45) is 0 Å². The van der Waals surface area contributed by atoms with Gasteiger partial charge in [-0.15, -0.1) is 0 Å². The fourth-order valence-corrected chi connectivity index (χ4v) is 2.68. The Morgan fingerprint density at radius 3 is 2.84 bits per heavy atom. The van der Waals surface area contributed by atoms with Crippen LogP contribution in [-0.2, 0) is 11.2 Å². The van der Waals surface area contributed by atoms with E-state index in [2.05, 4.69) is 5.32 Å². The molecule has 1 heterocycles. The minimum absolute atomic E-state index is 0.0470. The first-order valence-electron chi connectivity index (χ1n) is 8.57. The van der Waals surface area contributed by atoms with E-state index in [1.54, 1.807) is 17.0 Å². The summed E-state index contributed by atoms with van der Waals surface area (Å²) in [4.78, 5) is 26.0. The normalized spacial score (nSPS) is 14.5. The molecule has 0 atom stereocenters. The smallest absolute Gasteiger partial charge is 0.254 e. The summed E-state index contributed by atoms with van der Waals surface area (Å²) in [6.07, 6.45) is 1.82. The number of hydrogen-bond donors (Lipinski definition) is 1. The third kappa shape index (κ3) is 5.05. The average Bonchev–Trinajstić information content (AvgIpc) is 2.57. The molecule has 1 aliphatic rings. The fourth-order valence-electron chi connectivity index (χ4n) is 2.68. The van der Waals surface area contributed by atoms with Gasteiger partial charge in [0.05, 0.1) is 12.9 Å². The van der Waals surface area contributed by atoms with Crippen LogP contribution in [0.4, 0.5) is 4.39 Å². The molecule has 6 heteroatoms. The molecule has 0 bridgehead atoms. The third-order valence-corrected chi connectivity index (χ3v) is 4.06. The van der Waals surface area contributed by atoms with Crippen molar-refractivity contribution in [3.63, 3.8) is 0 Å². The summed E-state index contributed by atoms with van der Waals surface area (Å²) in [5.74, 6) is 0.312. The van der Waals surface area contributed by atoms with Crippen molar-refractivity contribution < 1.29 is 18.7 Å². The maximum absolute atomic E-state index is 12.6. The monoisotopic (exact) mass is 348 g/mol. The summed E-state index contributed by atoms with van der Waals surface area (Å²) in [6, 6.07) is 5.29. The maximum atomic E-state index is 12.6. The lowest BCUT2D eigenvalue weighted by Gasteiger charge is -2.28. The number of rotatable bonds is 7. The van der Waals surface area contributed by atoms with Crippen LogP contribution in [0, 0.1) is 0 Å². The Labute approximate surface area is 147 Å². The van der Waals surface area contributed by atoms with E-state index in [0.717, 1.165) is 5.56 Å². The average molecular weight is 348 g/mol. The molecular weight excluding hydrogens is 323 g/mol. The Hall–Kier alpha value is -2.37. The molecule has 5 nitrogen and oxygen atoms in total. The van der Waals surface area contributed by atoms with Crippen molar-refractivity contribution in [1.29, 1.82) is 0 Å². The fraction of sp³-hybridized carbons (Fsp3) is 0.474. The number of fused-ring (bicyclic) bond motifs is 1. The molecule has 2 rings (SSSR count). The molecule has 0 fully saturated rings. The second-order valence-electron chi connectivity index (χ2n) is 6.43. The Morgan fingerprint density at radius 2 is 2.20 bits per heavy atom. The molecule has 0 spiro atoms. The summed E-state index contributed by atoms with van der Waals surface area (Å²) in [5.41, 5.74) is 2.06. The molecule has 1 aliphatic heterocycles. The Kier molecular flexibility index (Phi) is 6.56. The van der Waals surface area contributed by atoms with Gasteiger partial charge in [0.25, 0.3) is 5.91 Å². The first-order chi connectivity index (χ1) is 11.9. The quantitative estimate of drug-likeness (QED) is 0.824. The Balaban J connectivity index is 2.03. The number of benzene rings is 1. The number of hydrogen-bond acceptors (Lipinski definition) is 3. The van der Waals surface area contributed by atoms with Crippen molar-refractivity contribution in [1.82, 2.24) is 10.2 Å². The zero-order valence-electron chi connectivity index (χ0n) is 15.0. The highest BCUT2D eigenvalue weighted by molar-refractivity contribution is 5.98. The summed E-state index contributed by atoms with van der Waals surface area (Å²) in [7, 11) is 0. The van der Waals surface area contributed by atoms with Gasteiger partial charge in [0, 0.05) is 18.2 Å². The van der Waals surface area contributed by atoms with E-state index < -0.39 is 0 Å². The van der Waals surface area contributed by atoms with Crippen LogP contribution in [0.2, 0.25) is 0 Å². The van der Waals surface area contributed by atoms with Crippen LogP contribution in [0.15, 0.2) is 30.1 Å². The SMILES string of the molecule is CC/C(=C/F)COc1ccc2c(c1)CCN(CC(=O)NC(C)C)C2=O. The number of carbonyl (C=O) groups excluding carboxylic acids is 2. The highest BCUT2D eigenvalue weighted by atomic mass is 19.1. The van der Waals surface area contributed by atoms with E-state index in [1.807, 2.05) is 26.8 Å². The molecule has 1 aromatic carbocycles. The van der Waals surface area contributed by atoms with Gasteiger partial charge in [-0.05, 0) is 56.0 Å². The predicted octanol–water partition coefficient (Wildman–Crippen LogP) is 2.85. The minimum Gasteiger partial charge on any atom is -0.489 e. The van der Waals surface area contributed by atoms with Gasteiger partial charge >= 0.3 is 0 Å². The molecule has 0 aliphatic carbocycles. The topological polar surface area (TPSA) is 58.6 Å². The lowest BCUT2D eigenvalue weighted by molar-refractivity contribution is -0.122. The van der Waals surface area contributed by atoms with Crippen LogP contribution in [-0.4, -0.2) is 42.5 Å². The summed E-state index contributed by atoms with van der Waals surface area (Å²) < 4.78 is 18.2. The second kappa shape index (κ2) is 8.65. The molecule has 2 amide bonds. The molecule has 0 radical (unpaired) electrons. The van der Waals surface area contributed by atoms with Gasteiger partial charge in [0.15, 0.2) is 0 Å². The van der Waals surface area contributed by atoms with Gasteiger partial charge in [0.1, 0.15) is 12.4 Å². The van der Waals surface area contributed by atoms with Crippen LogP contribution in [0.25, 0.3) is 0 Å². The Bertz CT molecular complexity index is 671. The van der Waals surface area contributed by atoms with E-state index in [1.165, 1.54) is 0 Å². The van der Waals surface area contributed by atoms with Gasteiger partial charge in [-0.1, -0.05) is 6.92 Å². The molecular formula is C19H25FN2O3. The minimum atomic E-state index is -0.156. The standard InChI is InChI=1S/C19H25FN2O3/c1-4-14(10-20)12-25-16-5-6-17-15(9-16)7-8-22(19(17)24)11-18(23)21-13(2)3/h5-6,9-10,13H,4,7-8,11-12H2,1-3H3,(H,21,23)/b14-10-. The van der Waals surface area contributed by atoms with Gasteiger partial charge in [-0.3, -0.25) is 9.59 Å². The number of halogens is 1. The van der Waals surface area contributed by atoms with E-state index in [9.17, 15) is 14.0 Å². The van der Waals surface area contributed by atoms with Gasteiger partial charge in [-0.25, -0.2) is 4.39 Å². The largest absolute Gasteiger partial charge is 0.489 e. The van der Waals surface area contributed by atoms with E-state index in [0.29, 0.717) is 42.6 Å². The highest BCUT2D eigenvalue weighted by Crippen LogP contribution is 2.24.